The second-order valence-electron chi connectivity index (χ2n) is 5.64. The molecule has 0 radical (unpaired) electrons. The maximum atomic E-state index is 10.3. The minimum atomic E-state index is -0.385. The Kier molecular flexibility index (Phi) is 4.98. The molecule has 0 bridgehead atoms. The fraction of sp³-hybridized carbons (Fsp3) is 1.00. The largest absolute Gasteiger partial charge is 0.389 e. The van der Waals surface area contributed by atoms with Gasteiger partial charge in [0.15, 0.2) is 0 Å². The summed E-state index contributed by atoms with van der Waals surface area (Å²) in [4.78, 5) is 4.44. The predicted octanol–water partition coefficient (Wildman–Crippen LogP) is -0.213. The lowest BCUT2D eigenvalue weighted by atomic mass is 10.1. The van der Waals surface area contributed by atoms with E-state index in [0.717, 1.165) is 19.7 Å². The standard InChI is InChI=1S/C13H26N2O3/c1-14(2)11-9-18-12(13(11)16)7-15-6-4-5-10(15)8-17-3/h10-13,16H,4-9H2,1-3H3/t10-,11+,12+,13-/m1/s1. The Hall–Kier alpha value is -0.200. The zero-order valence-corrected chi connectivity index (χ0v) is 11.7. The summed E-state index contributed by atoms with van der Waals surface area (Å²) >= 11 is 0. The van der Waals surface area contributed by atoms with E-state index in [1.54, 1.807) is 7.11 Å². The molecule has 4 atom stereocenters. The Balaban J connectivity index is 1.86. The highest BCUT2D eigenvalue weighted by atomic mass is 16.5. The molecule has 18 heavy (non-hydrogen) atoms. The van der Waals surface area contributed by atoms with E-state index in [9.17, 15) is 5.11 Å². The van der Waals surface area contributed by atoms with Gasteiger partial charge in [-0.2, -0.15) is 0 Å². The fourth-order valence-corrected chi connectivity index (χ4v) is 3.03. The van der Waals surface area contributed by atoms with Crippen LogP contribution in [0.15, 0.2) is 0 Å². The Morgan fingerprint density at radius 2 is 2.22 bits per heavy atom. The smallest absolute Gasteiger partial charge is 0.0991 e. The number of hydrogen-bond donors (Lipinski definition) is 1. The highest BCUT2D eigenvalue weighted by molar-refractivity contribution is 4.92. The summed E-state index contributed by atoms with van der Waals surface area (Å²) in [6.07, 6.45) is 1.96. The van der Waals surface area contributed by atoms with Gasteiger partial charge in [0.2, 0.25) is 0 Å². The van der Waals surface area contributed by atoms with Crippen LogP contribution in [0, 0.1) is 0 Å². The van der Waals surface area contributed by atoms with Gasteiger partial charge in [0.25, 0.3) is 0 Å². The zero-order chi connectivity index (χ0) is 13.1. The Morgan fingerprint density at radius 3 is 2.83 bits per heavy atom. The number of ether oxygens (including phenoxy) is 2. The number of hydrogen-bond acceptors (Lipinski definition) is 5. The molecule has 0 saturated carbocycles. The van der Waals surface area contributed by atoms with E-state index in [1.165, 1.54) is 12.8 Å². The predicted molar refractivity (Wildman–Crippen MR) is 69.7 cm³/mol. The van der Waals surface area contributed by atoms with Crippen molar-refractivity contribution in [2.75, 3.05) is 47.5 Å². The van der Waals surface area contributed by atoms with Gasteiger partial charge in [-0.25, -0.2) is 0 Å². The topological polar surface area (TPSA) is 45.2 Å². The maximum absolute atomic E-state index is 10.3. The summed E-state index contributed by atoms with van der Waals surface area (Å²) in [7, 11) is 5.73. The molecule has 0 spiro atoms. The Labute approximate surface area is 110 Å². The van der Waals surface area contributed by atoms with Crippen molar-refractivity contribution in [3.05, 3.63) is 0 Å². The van der Waals surface area contributed by atoms with Crippen LogP contribution in [0.4, 0.5) is 0 Å². The second kappa shape index (κ2) is 6.30. The first-order chi connectivity index (χ1) is 8.63. The van der Waals surface area contributed by atoms with Gasteiger partial charge in [-0.1, -0.05) is 0 Å². The van der Waals surface area contributed by atoms with Crippen molar-refractivity contribution in [2.45, 2.75) is 37.1 Å². The van der Waals surface area contributed by atoms with Crippen LogP contribution < -0.4 is 0 Å². The quantitative estimate of drug-likeness (QED) is 0.739. The molecule has 2 aliphatic rings. The third kappa shape index (κ3) is 3.03. The van der Waals surface area contributed by atoms with Gasteiger partial charge in [0.05, 0.1) is 31.5 Å². The van der Waals surface area contributed by atoms with E-state index < -0.39 is 0 Å². The fourth-order valence-electron chi connectivity index (χ4n) is 3.03. The number of rotatable bonds is 5. The summed E-state index contributed by atoms with van der Waals surface area (Å²) in [6.45, 7) is 3.31. The van der Waals surface area contributed by atoms with E-state index in [-0.39, 0.29) is 18.2 Å². The molecule has 106 valence electrons. The van der Waals surface area contributed by atoms with Gasteiger partial charge in [-0.05, 0) is 33.5 Å². The van der Waals surface area contributed by atoms with Crippen molar-refractivity contribution < 1.29 is 14.6 Å². The van der Waals surface area contributed by atoms with Crippen molar-refractivity contribution in [2.24, 2.45) is 0 Å². The van der Waals surface area contributed by atoms with Gasteiger partial charge in [-0.3, -0.25) is 4.90 Å². The minimum absolute atomic E-state index is 0.0603. The molecule has 0 aliphatic carbocycles. The van der Waals surface area contributed by atoms with Gasteiger partial charge in [-0.15, -0.1) is 0 Å². The monoisotopic (exact) mass is 258 g/mol. The summed E-state index contributed by atoms with van der Waals surface area (Å²) in [5.74, 6) is 0. The van der Waals surface area contributed by atoms with Crippen molar-refractivity contribution in [1.29, 1.82) is 0 Å². The number of nitrogens with zero attached hydrogens (tertiary/aromatic N) is 2. The first-order valence-electron chi connectivity index (χ1n) is 6.82. The first kappa shape index (κ1) is 14.2. The molecule has 0 aromatic rings. The average molecular weight is 258 g/mol. The van der Waals surface area contributed by atoms with Crippen molar-refractivity contribution >= 4 is 0 Å². The van der Waals surface area contributed by atoms with E-state index in [4.69, 9.17) is 9.47 Å². The molecule has 5 nitrogen and oxygen atoms in total. The third-order valence-electron chi connectivity index (χ3n) is 4.19. The van der Waals surface area contributed by atoms with Crippen LogP contribution in [0.1, 0.15) is 12.8 Å². The molecule has 0 aromatic carbocycles. The molecule has 2 heterocycles. The minimum Gasteiger partial charge on any atom is -0.389 e. The summed E-state index contributed by atoms with van der Waals surface area (Å²) < 4.78 is 11.0. The van der Waals surface area contributed by atoms with Gasteiger partial charge in [0, 0.05) is 19.7 Å². The molecule has 2 rings (SSSR count). The molecule has 2 saturated heterocycles. The highest BCUT2D eigenvalue weighted by Crippen LogP contribution is 2.23. The van der Waals surface area contributed by atoms with Crippen LogP contribution in [0.3, 0.4) is 0 Å². The van der Waals surface area contributed by atoms with E-state index in [1.807, 2.05) is 19.0 Å². The molecule has 2 fully saturated rings. The lowest BCUT2D eigenvalue weighted by molar-refractivity contribution is 0.00235. The summed E-state index contributed by atoms with van der Waals surface area (Å²) in [5, 5.41) is 10.3. The van der Waals surface area contributed by atoms with Gasteiger partial charge >= 0.3 is 0 Å². The molecular weight excluding hydrogens is 232 g/mol. The molecule has 0 aromatic heterocycles. The van der Waals surface area contributed by atoms with Gasteiger partial charge < -0.3 is 19.5 Å². The highest BCUT2D eigenvalue weighted by Gasteiger charge is 2.39. The van der Waals surface area contributed by atoms with Crippen LogP contribution in [0.25, 0.3) is 0 Å². The van der Waals surface area contributed by atoms with E-state index in [0.29, 0.717) is 12.6 Å². The van der Waals surface area contributed by atoms with Crippen molar-refractivity contribution in [3.8, 4) is 0 Å². The Bertz CT molecular complexity index is 263. The van der Waals surface area contributed by atoms with Crippen LogP contribution in [-0.2, 0) is 9.47 Å². The zero-order valence-electron chi connectivity index (χ0n) is 11.7. The second-order valence-corrected chi connectivity index (χ2v) is 5.64. The first-order valence-corrected chi connectivity index (χ1v) is 6.82. The number of aliphatic hydroxyl groups is 1. The number of aliphatic hydroxyl groups excluding tert-OH is 1. The van der Waals surface area contributed by atoms with Crippen LogP contribution in [0.5, 0.6) is 0 Å². The van der Waals surface area contributed by atoms with Crippen molar-refractivity contribution in [1.82, 2.24) is 9.80 Å². The lowest BCUT2D eigenvalue weighted by Crippen LogP contribution is -2.46. The van der Waals surface area contributed by atoms with Crippen molar-refractivity contribution in [3.63, 3.8) is 0 Å². The molecular formula is C13H26N2O3. The number of likely N-dealkylation sites (tertiary alicyclic amines) is 1. The summed E-state index contributed by atoms with van der Waals surface area (Å²) in [6, 6.07) is 0.614. The molecule has 5 heteroatoms. The SMILES string of the molecule is COC[C@H]1CCCN1C[C@@H]1OC[C@H](N(C)C)[C@H]1O. The van der Waals surface area contributed by atoms with Gasteiger partial charge in [0.1, 0.15) is 0 Å². The van der Waals surface area contributed by atoms with Crippen LogP contribution in [-0.4, -0.2) is 86.7 Å². The Morgan fingerprint density at radius 1 is 1.44 bits per heavy atom. The maximum Gasteiger partial charge on any atom is 0.0991 e. The average Bonchev–Trinajstić information content (AvgIpc) is 2.89. The number of methoxy groups -OCH3 is 1. The molecule has 2 aliphatic heterocycles. The molecule has 1 N–H and O–H groups in total. The van der Waals surface area contributed by atoms with E-state index in [2.05, 4.69) is 4.90 Å². The number of likely N-dealkylation sites (N-methyl/N-ethyl adjacent to an activating group) is 1. The lowest BCUT2D eigenvalue weighted by Gasteiger charge is -2.29. The summed E-state index contributed by atoms with van der Waals surface area (Å²) in [5.41, 5.74) is 0. The molecule has 0 unspecified atom stereocenters. The van der Waals surface area contributed by atoms with E-state index >= 15 is 0 Å². The third-order valence-corrected chi connectivity index (χ3v) is 4.19. The van der Waals surface area contributed by atoms with Crippen LogP contribution >= 0.6 is 0 Å². The normalized spacial score (nSPS) is 37.8. The van der Waals surface area contributed by atoms with Crippen LogP contribution in [0.2, 0.25) is 0 Å². The molecule has 0 amide bonds.